The molecule has 0 aliphatic carbocycles. The van der Waals surface area contributed by atoms with Crippen LogP contribution in [0.15, 0.2) is 11.8 Å². The molecule has 0 heterocycles. The van der Waals surface area contributed by atoms with E-state index in [9.17, 15) is 9.59 Å². The van der Waals surface area contributed by atoms with Crippen molar-refractivity contribution in [3.8, 4) is 0 Å². The van der Waals surface area contributed by atoms with Gasteiger partial charge in [-0.1, -0.05) is 0 Å². The molecular weight excluding hydrogens is 161 g/mol. The third-order valence-corrected chi connectivity index (χ3v) is 0.513. The molecule has 5 nitrogen and oxygen atoms in total. The Hall–Kier alpha value is -1.23. The van der Waals surface area contributed by atoms with Crippen LogP contribution in [0.5, 0.6) is 0 Å². The molecule has 0 aliphatic rings. The fraction of sp³-hybridized carbons (Fsp3) is 0. The fourth-order valence-electron chi connectivity index (χ4n) is 0.188. The highest BCUT2D eigenvalue weighted by molar-refractivity contribution is 5.95. The fourth-order valence-corrected chi connectivity index (χ4v) is 0.188. The van der Waals surface area contributed by atoms with E-state index in [0.717, 1.165) is 0 Å². The van der Waals surface area contributed by atoms with E-state index < -0.39 is 17.6 Å². The zero-order valence-electron chi connectivity index (χ0n) is 4.77. The molecule has 0 saturated carbocycles. The monoisotopic (exact) mass is 167 g/mol. The van der Waals surface area contributed by atoms with Gasteiger partial charge in [-0.25, -0.2) is 4.79 Å². The van der Waals surface area contributed by atoms with Crippen LogP contribution in [0.3, 0.4) is 0 Å². The highest BCUT2D eigenvalue weighted by Crippen LogP contribution is 1.83. The molecule has 0 aromatic rings. The predicted octanol–water partition coefficient (Wildman–Crippen LogP) is -0.580. The number of carboxylic acid groups (broad SMARTS) is 1. The number of aliphatic hydroxyl groups excluding tert-OH is 1. The van der Waals surface area contributed by atoms with E-state index in [2.05, 4.69) is 5.73 Å². The smallest absolute Gasteiger partial charge is 0.332 e. The Morgan fingerprint density at radius 3 is 1.80 bits per heavy atom. The van der Waals surface area contributed by atoms with Crippen LogP contribution in [0.25, 0.3) is 0 Å². The standard InChI is InChI=1S/C4H5NO4.ClH/c5-4(9)2(6)1-3(7)8;/h1,6H,(H2,5,9)(H,7,8);1H/b2-1+;. The quantitative estimate of drug-likeness (QED) is 0.378. The molecule has 0 spiro atoms. The number of nitrogens with two attached hydrogens (primary N) is 1. The zero-order chi connectivity index (χ0) is 7.44. The minimum absolute atomic E-state index is 0. The number of primary amides is 1. The lowest BCUT2D eigenvalue weighted by Gasteiger charge is -1.86. The summed E-state index contributed by atoms with van der Waals surface area (Å²) in [6.07, 6.45) is 0.322. The topological polar surface area (TPSA) is 101 Å². The maximum absolute atomic E-state index is 9.88. The van der Waals surface area contributed by atoms with E-state index in [4.69, 9.17) is 10.2 Å². The number of carbonyl (C=O) groups excluding carboxylic acids is 1. The van der Waals surface area contributed by atoms with Gasteiger partial charge in [0.15, 0.2) is 5.76 Å². The Kier molecular flexibility index (Phi) is 5.35. The van der Waals surface area contributed by atoms with E-state index in [1.807, 2.05) is 0 Å². The van der Waals surface area contributed by atoms with Crippen LogP contribution in [0.1, 0.15) is 0 Å². The van der Waals surface area contributed by atoms with E-state index in [1.165, 1.54) is 0 Å². The van der Waals surface area contributed by atoms with Gasteiger partial charge in [-0.3, -0.25) is 4.79 Å². The number of carbonyl (C=O) groups is 2. The maximum atomic E-state index is 9.88. The third kappa shape index (κ3) is 4.92. The van der Waals surface area contributed by atoms with Gasteiger partial charge < -0.3 is 15.9 Å². The summed E-state index contributed by atoms with van der Waals surface area (Å²) in [4.78, 5) is 19.5. The number of halogens is 1. The third-order valence-electron chi connectivity index (χ3n) is 0.513. The molecule has 10 heavy (non-hydrogen) atoms. The number of hydrogen-bond donors (Lipinski definition) is 3. The second-order valence-corrected chi connectivity index (χ2v) is 1.23. The lowest BCUT2D eigenvalue weighted by atomic mass is 10.4. The minimum atomic E-state index is -1.41. The number of aliphatic carboxylic acids is 1. The molecule has 0 rings (SSSR count). The molecule has 58 valence electrons. The highest BCUT2D eigenvalue weighted by Gasteiger charge is 2.01. The van der Waals surface area contributed by atoms with Gasteiger partial charge in [0.25, 0.3) is 5.91 Å². The van der Waals surface area contributed by atoms with Crippen molar-refractivity contribution in [3.63, 3.8) is 0 Å². The van der Waals surface area contributed by atoms with Crippen molar-refractivity contribution >= 4 is 24.3 Å². The van der Waals surface area contributed by atoms with Crippen molar-refractivity contribution in [2.45, 2.75) is 0 Å². The molecule has 0 saturated heterocycles. The first-order valence-electron chi connectivity index (χ1n) is 1.97. The lowest BCUT2D eigenvalue weighted by molar-refractivity contribution is -0.132. The molecule has 0 unspecified atom stereocenters. The SMILES string of the molecule is Cl.NC(=O)/C(O)=C\C(=O)O. The molecule has 0 fully saturated rings. The number of aliphatic hydroxyl groups is 1. The van der Waals surface area contributed by atoms with Crippen molar-refractivity contribution in [3.05, 3.63) is 11.8 Å². The van der Waals surface area contributed by atoms with Crippen LogP contribution >= 0.6 is 12.4 Å². The van der Waals surface area contributed by atoms with Gasteiger partial charge >= 0.3 is 5.97 Å². The summed E-state index contributed by atoms with van der Waals surface area (Å²) in [5.74, 6) is -3.52. The average molecular weight is 168 g/mol. The summed E-state index contributed by atoms with van der Waals surface area (Å²) in [5.41, 5.74) is 4.46. The zero-order valence-corrected chi connectivity index (χ0v) is 5.59. The van der Waals surface area contributed by atoms with Crippen molar-refractivity contribution in [1.82, 2.24) is 0 Å². The largest absolute Gasteiger partial charge is 0.503 e. The van der Waals surface area contributed by atoms with Crippen LogP contribution in [-0.4, -0.2) is 22.1 Å². The van der Waals surface area contributed by atoms with E-state index in [0.29, 0.717) is 6.08 Å². The van der Waals surface area contributed by atoms with Crippen molar-refractivity contribution in [2.75, 3.05) is 0 Å². The summed E-state index contributed by atoms with van der Waals surface area (Å²) in [5, 5.41) is 16.2. The second kappa shape index (κ2) is 4.63. The van der Waals surface area contributed by atoms with Gasteiger partial charge in [0.2, 0.25) is 0 Å². The molecule has 1 amide bonds. The number of hydrogen-bond acceptors (Lipinski definition) is 3. The molecule has 0 aromatic carbocycles. The summed E-state index contributed by atoms with van der Waals surface area (Å²) in [7, 11) is 0. The maximum Gasteiger partial charge on any atom is 0.332 e. The summed E-state index contributed by atoms with van der Waals surface area (Å²) in [6, 6.07) is 0. The summed E-state index contributed by atoms with van der Waals surface area (Å²) >= 11 is 0. The van der Waals surface area contributed by atoms with Crippen LogP contribution < -0.4 is 5.73 Å². The number of carboxylic acids is 1. The Labute approximate surface area is 62.5 Å². The molecule has 4 N–H and O–H groups in total. The minimum Gasteiger partial charge on any atom is -0.503 e. The summed E-state index contributed by atoms with van der Waals surface area (Å²) < 4.78 is 0. The first-order chi connectivity index (χ1) is 4.04. The Balaban J connectivity index is 0. The Morgan fingerprint density at radius 1 is 1.30 bits per heavy atom. The van der Waals surface area contributed by atoms with Gasteiger partial charge in [-0.05, 0) is 0 Å². The Bertz CT molecular complexity index is 176. The molecular formula is C4H6ClNO4. The molecule has 0 aromatic heterocycles. The van der Waals surface area contributed by atoms with Gasteiger partial charge in [0, 0.05) is 0 Å². The van der Waals surface area contributed by atoms with E-state index in [1.54, 1.807) is 0 Å². The van der Waals surface area contributed by atoms with E-state index in [-0.39, 0.29) is 12.4 Å². The first-order valence-corrected chi connectivity index (χ1v) is 1.97. The molecule has 0 aliphatic heterocycles. The molecule has 0 atom stereocenters. The molecule has 6 heteroatoms. The second-order valence-electron chi connectivity index (χ2n) is 1.23. The van der Waals surface area contributed by atoms with Crippen LogP contribution in [0.4, 0.5) is 0 Å². The first kappa shape index (κ1) is 11.6. The normalized spacial score (nSPS) is 9.80. The predicted molar refractivity (Wildman–Crippen MR) is 34.8 cm³/mol. The molecule has 0 radical (unpaired) electrons. The number of rotatable bonds is 2. The van der Waals surface area contributed by atoms with Gasteiger partial charge in [-0.2, -0.15) is 0 Å². The van der Waals surface area contributed by atoms with Crippen molar-refractivity contribution in [2.24, 2.45) is 5.73 Å². The van der Waals surface area contributed by atoms with Crippen LogP contribution in [-0.2, 0) is 9.59 Å². The number of amides is 1. The average Bonchev–Trinajstić information content (AvgIpc) is 1.63. The highest BCUT2D eigenvalue weighted by atomic mass is 35.5. The lowest BCUT2D eigenvalue weighted by Crippen LogP contribution is -2.14. The van der Waals surface area contributed by atoms with Gasteiger partial charge in [0.1, 0.15) is 0 Å². The van der Waals surface area contributed by atoms with Gasteiger partial charge in [-0.15, -0.1) is 12.4 Å². The van der Waals surface area contributed by atoms with Crippen molar-refractivity contribution < 1.29 is 19.8 Å². The molecule has 0 bridgehead atoms. The van der Waals surface area contributed by atoms with Crippen LogP contribution in [0, 0.1) is 0 Å². The Morgan fingerprint density at radius 2 is 1.70 bits per heavy atom. The van der Waals surface area contributed by atoms with Crippen molar-refractivity contribution in [1.29, 1.82) is 0 Å². The van der Waals surface area contributed by atoms with Gasteiger partial charge in [0.05, 0.1) is 6.08 Å². The summed E-state index contributed by atoms with van der Waals surface area (Å²) in [6.45, 7) is 0. The van der Waals surface area contributed by atoms with Crippen LogP contribution in [0.2, 0.25) is 0 Å². The van der Waals surface area contributed by atoms with E-state index >= 15 is 0 Å².